The van der Waals surface area contributed by atoms with E-state index in [9.17, 15) is 9.59 Å². The number of alkyl halides is 3. The third kappa shape index (κ3) is 3.56. The van der Waals surface area contributed by atoms with Crippen LogP contribution in [-0.2, 0) is 11.2 Å². The first-order valence-corrected chi connectivity index (χ1v) is 10.0. The average Bonchev–Trinajstić information content (AvgIpc) is 2.55. The number of carbonyl (C=O) groups excluding carboxylic acids is 2. The third-order valence-corrected chi connectivity index (χ3v) is 6.76. The third-order valence-electron chi connectivity index (χ3n) is 6.43. The molecule has 0 aromatic heterocycles. The molecule has 5 rings (SSSR count). The maximum Gasteiger partial charge on any atom is 0.252 e. The molecule has 0 aliphatic heterocycles. The lowest BCUT2D eigenvalue weighted by molar-refractivity contribution is -0.214. The van der Waals surface area contributed by atoms with Gasteiger partial charge >= 0.3 is 0 Å². The number of amides is 1. The molecule has 3 nitrogen and oxygen atoms in total. The molecular formula is C21H23ClF3NO2. The van der Waals surface area contributed by atoms with Gasteiger partial charge in [-0.25, -0.2) is 13.2 Å². The Morgan fingerprint density at radius 2 is 1.61 bits per heavy atom. The molecular weight excluding hydrogens is 391 g/mol. The summed E-state index contributed by atoms with van der Waals surface area (Å²) in [7, 11) is 0. The van der Waals surface area contributed by atoms with Crippen LogP contribution >= 0.6 is 11.6 Å². The van der Waals surface area contributed by atoms with Gasteiger partial charge in [-0.3, -0.25) is 4.79 Å². The first-order valence-electron chi connectivity index (χ1n) is 9.65. The van der Waals surface area contributed by atoms with Crippen molar-refractivity contribution in [1.82, 2.24) is 5.32 Å². The zero-order valence-corrected chi connectivity index (χ0v) is 16.3. The van der Waals surface area contributed by atoms with Gasteiger partial charge in [0.1, 0.15) is 23.3 Å². The first kappa shape index (κ1) is 19.7. The van der Waals surface area contributed by atoms with Crippen molar-refractivity contribution in [2.24, 2.45) is 5.41 Å². The molecule has 4 bridgehead atoms. The molecule has 1 aromatic carbocycles. The van der Waals surface area contributed by atoms with Crippen molar-refractivity contribution in [2.75, 3.05) is 6.54 Å². The van der Waals surface area contributed by atoms with Crippen LogP contribution in [0.4, 0.5) is 13.2 Å². The summed E-state index contributed by atoms with van der Waals surface area (Å²) in [6.07, 6.45) is 1.11. The number of rotatable bonds is 6. The summed E-state index contributed by atoms with van der Waals surface area (Å²) in [4.78, 5) is 23.2. The number of aryl methyl sites for hydroxylation is 1. The smallest absolute Gasteiger partial charge is 0.252 e. The standard InChI is InChI=1S/C21H23ClF3NO2/c22-16-4-3-14(2-1-5-27)6-15(16)17(28)26-13-18-7-19(23)10-20(24,8-18)12-21(25,9-18)11-19/h3-6H,1-2,7-13H2,(H,26,28). The van der Waals surface area contributed by atoms with Crippen molar-refractivity contribution in [3.05, 3.63) is 34.3 Å². The van der Waals surface area contributed by atoms with Crippen LogP contribution in [0.3, 0.4) is 0 Å². The summed E-state index contributed by atoms with van der Waals surface area (Å²) in [5.41, 5.74) is -5.39. The molecule has 0 atom stereocenters. The number of halogens is 4. The van der Waals surface area contributed by atoms with E-state index in [0.29, 0.717) is 12.8 Å². The number of nitrogens with one attached hydrogen (secondary N) is 1. The highest BCUT2D eigenvalue weighted by Crippen LogP contribution is 2.67. The van der Waals surface area contributed by atoms with Crippen molar-refractivity contribution in [1.29, 1.82) is 0 Å². The molecule has 152 valence electrons. The van der Waals surface area contributed by atoms with E-state index in [-0.39, 0.29) is 55.7 Å². The van der Waals surface area contributed by atoms with Gasteiger partial charge < -0.3 is 10.1 Å². The van der Waals surface area contributed by atoms with Gasteiger partial charge in [-0.1, -0.05) is 17.7 Å². The van der Waals surface area contributed by atoms with E-state index >= 15 is 13.2 Å². The number of aldehydes is 1. The summed E-state index contributed by atoms with van der Waals surface area (Å²) in [6.45, 7) is 0.0176. The first-order chi connectivity index (χ1) is 13.1. The minimum Gasteiger partial charge on any atom is -0.351 e. The molecule has 0 radical (unpaired) electrons. The van der Waals surface area contributed by atoms with E-state index in [1.807, 2.05) is 0 Å². The van der Waals surface area contributed by atoms with Crippen LogP contribution < -0.4 is 5.32 Å². The minimum absolute atomic E-state index is 0.0176. The maximum atomic E-state index is 15.1. The van der Waals surface area contributed by atoms with E-state index in [0.717, 1.165) is 11.8 Å². The molecule has 0 heterocycles. The Hall–Kier alpha value is -1.56. The molecule has 4 aliphatic carbocycles. The van der Waals surface area contributed by atoms with E-state index in [1.54, 1.807) is 18.2 Å². The van der Waals surface area contributed by atoms with Gasteiger partial charge in [-0.2, -0.15) is 0 Å². The van der Waals surface area contributed by atoms with Gasteiger partial charge in [0.2, 0.25) is 0 Å². The molecule has 28 heavy (non-hydrogen) atoms. The van der Waals surface area contributed by atoms with Crippen LogP contribution in [0.15, 0.2) is 18.2 Å². The molecule has 7 heteroatoms. The molecule has 0 unspecified atom stereocenters. The predicted molar refractivity (Wildman–Crippen MR) is 99.8 cm³/mol. The number of hydrogen-bond donors (Lipinski definition) is 1. The summed E-state index contributed by atoms with van der Waals surface area (Å²) in [5.74, 6) is -0.456. The van der Waals surface area contributed by atoms with Gasteiger partial charge in [0, 0.05) is 32.2 Å². The molecule has 1 aromatic rings. The fourth-order valence-electron chi connectivity index (χ4n) is 6.15. The van der Waals surface area contributed by atoms with Gasteiger partial charge in [0.05, 0.1) is 10.6 Å². The topological polar surface area (TPSA) is 46.2 Å². The molecule has 4 aliphatic rings. The summed E-state index contributed by atoms with van der Waals surface area (Å²) >= 11 is 6.14. The zero-order valence-electron chi connectivity index (χ0n) is 15.5. The Balaban J connectivity index is 1.50. The second-order valence-corrected chi connectivity index (χ2v) is 9.62. The monoisotopic (exact) mass is 413 g/mol. The quantitative estimate of drug-likeness (QED) is 0.687. The normalized spacial score (nSPS) is 38.4. The van der Waals surface area contributed by atoms with Gasteiger partial charge in [0.25, 0.3) is 5.91 Å². The average molecular weight is 414 g/mol. The molecule has 4 saturated carbocycles. The summed E-state index contributed by atoms with van der Waals surface area (Å²) < 4.78 is 45.2. The SMILES string of the molecule is O=CCCc1ccc(Cl)c(C(=O)NCC23CC4(F)CC(F)(CC(F)(C4)C2)C3)c1. The Morgan fingerprint density at radius 1 is 1.04 bits per heavy atom. The Kier molecular flexibility index (Phi) is 4.57. The van der Waals surface area contributed by atoms with Crippen molar-refractivity contribution < 1.29 is 22.8 Å². The second kappa shape index (κ2) is 6.48. The highest BCUT2D eigenvalue weighted by Gasteiger charge is 2.70. The van der Waals surface area contributed by atoms with E-state index in [4.69, 9.17) is 11.6 Å². The van der Waals surface area contributed by atoms with Crippen LogP contribution in [0.5, 0.6) is 0 Å². The molecule has 1 amide bonds. The Labute approximate surface area is 167 Å². The lowest BCUT2D eigenvalue weighted by Gasteiger charge is -2.63. The second-order valence-electron chi connectivity index (χ2n) is 9.22. The molecule has 0 saturated heterocycles. The number of carbonyl (C=O) groups is 2. The fourth-order valence-corrected chi connectivity index (χ4v) is 6.35. The van der Waals surface area contributed by atoms with Crippen LogP contribution in [0.2, 0.25) is 5.02 Å². The summed E-state index contributed by atoms with van der Waals surface area (Å²) in [6, 6.07) is 4.95. The molecule has 4 fully saturated rings. The Bertz CT molecular complexity index is 776. The number of benzene rings is 1. The number of hydrogen-bond acceptors (Lipinski definition) is 2. The Morgan fingerprint density at radius 3 is 2.14 bits per heavy atom. The van der Waals surface area contributed by atoms with Crippen molar-refractivity contribution in [3.63, 3.8) is 0 Å². The van der Waals surface area contributed by atoms with E-state index in [1.165, 1.54) is 0 Å². The van der Waals surface area contributed by atoms with Crippen LogP contribution in [-0.4, -0.2) is 35.7 Å². The van der Waals surface area contributed by atoms with Crippen LogP contribution in [0, 0.1) is 5.41 Å². The van der Waals surface area contributed by atoms with E-state index in [2.05, 4.69) is 5.32 Å². The lowest BCUT2D eigenvalue weighted by Crippen LogP contribution is -2.67. The fraction of sp³-hybridized carbons (Fsp3) is 0.619. The van der Waals surface area contributed by atoms with Gasteiger partial charge in [-0.05, 0) is 48.8 Å². The van der Waals surface area contributed by atoms with Crippen LogP contribution in [0.25, 0.3) is 0 Å². The van der Waals surface area contributed by atoms with Crippen molar-refractivity contribution in [3.8, 4) is 0 Å². The molecule has 0 spiro atoms. The summed E-state index contributed by atoms with van der Waals surface area (Å²) in [5, 5.41) is 2.99. The van der Waals surface area contributed by atoms with Gasteiger partial charge in [-0.15, -0.1) is 0 Å². The zero-order chi connectivity index (χ0) is 20.2. The molecule has 1 N–H and O–H groups in total. The predicted octanol–water partition coefficient (Wildman–Crippen LogP) is 4.69. The lowest BCUT2D eigenvalue weighted by atomic mass is 9.46. The maximum absolute atomic E-state index is 15.1. The van der Waals surface area contributed by atoms with Crippen LogP contribution in [0.1, 0.15) is 60.9 Å². The minimum atomic E-state index is -1.84. The largest absolute Gasteiger partial charge is 0.351 e. The highest BCUT2D eigenvalue weighted by molar-refractivity contribution is 6.33. The van der Waals surface area contributed by atoms with Gasteiger partial charge in [0.15, 0.2) is 0 Å². The van der Waals surface area contributed by atoms with Crippen molar-refractivity contribution >= 4 is 23.8 Å². The van der Waals surface area contributed by atoms with E-state index < -0.39 is 28.3 Å². The highest BCUT2D eigenvalue weighted by atomic mass is 35.5. The van der Waals surface area contributed by atoms with Crippen molar-refractivity contribution in [2.45, 2.75) is 68.4 Å².